The van der Waals surface area contributed by atoms with E-state index in [1.54, 1.807) is 0 Å². The lowest BCUT2D eigenvalue weighted by Crippen LogP contribution is -2.59. The minimum absolute atomic E-state index is 0.000366. The first-order valence-corrected chi connectivity index (χ1v) is 10.0. The Morgan fingerprint density at radius 3 is 2.50 bits per heavy atom. The van der Waals surface area contributed by atoms with E-state index >= 15 is 0 Å². The van der Waals surface area contributed by atoms with E-state index in [1.165, 1.54) is 31.2 Å². The van der Waals surface area contributed by atoms with Crippen LogP contribution in [-0.4, -0.2) is 23.5 Å². The van der Waals surface area contributed by atoms with Gasteiger partial charge in [-0.25, -0.2) is 0 Å². The number of benzene rings is 1. The Labute approximate surface area is 155 Å². The van der Waals surface area contributed by atoms with Gasteiger partial charge in [0.05, 0.1) is 5.92 Å². The monoisotopic (exact) mass is 355 g/mol. The standard InChI is InChI=1S/C22H29NO3/c1-22(2)13-15(21(25)26-22)12-18(24)23-20-17-11-7-6-10-16(17)19(20)14-8-4-3-5-9-14/h3-5,8-9,15-17,19-20H,6-7,10-13H2,1-2H3,(H,23,24)/t15-,16-,17+,19-,20-/m0/s1. The molecule has 0 spiro atoms. The number of hydrogen-bond donors (Lipinski definition) is 1. The van der Waals surface area contributed by atoms with Gasteiger partial charge in [-0.05, 0) is 44.1 Å². The fraction of sp³-hybridized carbons (Fsp3) is 0.636. The van der Waals surface area contributed by atoms with Crippen LogP contribution >= 0.6 is 0 Å². The van der Waals surface area contributed by atoms with Crippen LogP contribution in [0, 0.1) is 17.8 Å². The average Bonchev–Trinajstić information content (AvgIpc) is 2.85. The van der Waals surface area contributed by atoms with Crippen molar-refractivity contribution in [2.45, 2.75) is 69.9 Å². The maximum absolute atomic E-state index is 12.7. The largest absolute Gasteiger partial charge is 0.459 e. The molecule has 0 aromatic heterocycles. The Bertz CT molecular complexity index is 684. The second-order valence-electron chi connectivity index (χ2n) is 8.93. The molecule has 5 atom stereocenters. The number of esters is 1. The fourth-order valence-corrected chi connectivity index (χ4v) is 5.49. The minimum Gasteiger partial charge on any atom is -0.459 e. The van der Waals surface area contributed by atoms with Crippen molar-refractivity contribution >= 4 is 11.9 Å². The molecule has 1 aromatic carbocycles. The topological polar surface area (TPSA) is 55.4 Å². The lowest BCUT2D eigenvalue weighted by molar-refractivity contribution is -0.149. The number of cyclic esters (lactones) is 1. The predicted molar refractivity (Wildman–Crippen MR) is 99.5 cm³/mol. The zero-order valence-corrected chi connectivity index (χ0v) is 15.7. The molecule has 140 valence electrons. The molecule has 3 fully saturated rings. The Morgan fingerprint density at radius 2 is 1.85 bits per heavy atom. The summed E-state index contributed by atoms with van der Waals surface area (Å²) in [5.41, 5.74) is 0.891. The van der Waals surface area contributed by atoms with Crippen molar-refractivity contribution in [3.05, 3.63) is 35.9 Å². The summed E-state index contributed by atoms with van der Waals surface area (Å²) in [4.78, 5) is 24.7. The summed E-state index contributed by atoms with van der Waals surface area (Å²) >= 11 is 0. The van der Waals surface area contributed by atoms with Crippen molar-refractivity contribution in [2.75, 3.05) is 0 Å². The zero-order valence-electron chi connectivity index (χ0n) is 15.7. The summed E-state index contributed by atoms with van der Waals surface area (Å²) in [6.45, 7) is 3.82. The summed E-state index contributed by atoms with van der Waals surface area (Å²) in [5, 5.41) is 3.29. The highest BCUT2D eigenvalue weighted by molar-refractivity contribution is 5.84. The van der Waals surface area contributed by atoms with Crippen molar-refractivity contribution in [1.82, 2.24) is 5.32 Å². The highest BCUT2D eigenvalue weighted by Gasteiger charge is 2.52. The van der Waals surface area contributed by atoms with Gasteiger partial charge in [-0.1, -0.05) is 43.2 Å². The van der Waals surface area contributed by atoms with E-state index in [-0.39, 0.29) is 30.3 Å². The Hall–Kier alpha value is -1.84. The second-order valence-corrected chi connectivity index (χ2v) is 8.93. The fourth-order valence-electron chi connectivity index (χ4n) is 5.49. The number of rotatable bonds is 4. The van der Waals surface area contributed by atoms with E-state index in [4.69, 9.17) is 4.74 Å². The van der Waals surface area contributed by atoms with Gasteiger partial charge in [0.15, 0.2) is 0 Å². The first kappa shape index (κ1) is 17.6. The molecule has 1 aliphatic heterocycles. The quantitative estimate of drug-likeness (QED) is 0.836. The van der Waals surface area contributed by atoms with Crippen LogP contribution in [-0.2, 0) is 14.3 Å². The molecule has 2 saturated carbocycles. The van der Waals surface area contributed by atoms with Gasteiger partial charge in [-0.2, -0.15) is 0 Å². The summed E-state index contributed by atoms with van der Waals surface area (Å²) < 4.78 is 5.36. The molecule has 1 saturated heterocycles. The van der Waals surface area contributed by atoms with Crippen molar-refractivity contribution in [3.63, 3.8) is 0 Å². The van der Waals surface area contributed by atoms with Crippen LogP contribution < -0.4 is 5.32 Å². The van der Waals surface area contributed by atoms with Crippen molar-refractivity contribution in [1.29, 1.82) is 0 Å². The molecule has 26 heavy (non-hydrogen) atoms. The third-order valence-corrected chi connectivity index (χ3v) is 6.58. The van der Waals surface area contributed by atoms with Crippen LogP contribution in [0.25, 0.3) is 0 Å². The van der Waals surface area contributed by atoms with Crippen LogP contribution in [0.15, 0.2) is 30.3 Å². The van der Waals surface area contributed by atoms with E-state index in [9.17, 15) is 9.59 Å². The van der Waals surface area contributed by atoms with Gasteiger partial charge in [0.2, 0.25) is 5.91 Å². The Kier molecular flexibility index (Phi) is 4.54. The first-order chi connectivity index (χ1) is 12.4. The van der Waals surface area contributed by atoms with E-state index in [0.29, 0.717) is 24.2 Å². The third kappa shape index (κ3) is 3.26. The third-order valence-electron chi connectivity index (χ3n) is 6.58. The van der Waals surface area contributed by atoms with E-state index in [1.807, 2.05) is 19.9 Å². The highest BCUT2D eigenvalue weighted by atomic mass is 16.6. The van der Waals surface area contributed by atoms with Gasteiger partial charge in [0, 0.05) is 24.8 Å². The van der Waals surface area contributed by atoms with Crippen LogP contribution in [0.1, 0.15) is 63.9 Å². The van der Waals surface area contributed by atoms with E-state index in [0.717, 1.165) is 0 Å². The molecule has 1 heterocycles. The predicted octanol–water partition coefficient (Wildman–Crippen LogP) is 3.81. The number of nitrogens with one attached hydrogen (secondary N) is 1. The molecule has 2 aliphatic carbocycles. The molecule has 1 amide bonds. The zero-order chi connectivity index (χ0) is 18.3. The molecule has 1 N–H and O–H groups in total. The normalized spacial score (nSPS) is 35.2. The van der Waals surface area contributed by atoms with Crippen LogP contribution in [0.4, 0.5) is 0 Å². The second kappa shape index (κ2) is 6.71. The minimum atomic E-state index is -0.445. The molecule has 1 aromatic rings. The van der Waals surface area contributed by atoms with Gasteiger partial charge < -0.3 is 10.1 Å². The maximum Gasteiger partial charge on any atom is 0.310 e. The highest BCUT2D eigenvalue weighted by Crippen LogP contribution is 2.54. The number of carbonyl (C=O) groups is 2. The molecule has 0 unspecified atom stereocenters. The summed E-state index contributed by atoms with van der Waals surface area (Å²) in [6, 6.07) is 10.8. The summed E-state index contributed by atoms with van der Waals surface area (Å²) in [6.07, 6.45) is 5.90. The van der Waals surface area contributed by atoms with Crippen molar-refractivity contribution in [2.24, 2.45) is 17.8 Å². The molecule has 3 aliphatic rings. The van der Waals surface area contributed by atoms with Crippen molar-refractivity contribution < 1.29 is 14.3 Å². The molecular formula is C22H29NO3. The molecular weight excluding hydrogens is 326 g/mol. The number of fused-ring (bicyclic) bond motifs is 1. The molecule has 4 heteroatoms. The van der Waals surface area contributed by atoms with Crippen LogP contribution in [0.3, 0.4) is 0 Å². The van der Waals surface area contributed by atoms with E-state index in [2.05, 4.69) is 29.6 Å². The molecule has 0 radical (unpaired) electrons. The smallest absolute Gasteiger partial charge is 0.310 e. The Morgan fingerprint density at radius 1 is 1.15 bits per heavy atom. The lowest BCUT2D eigenvalue weighted by Gasteiger charge is -2.55. The van der Waals surface area contributed by atoms with E-state index < -0.39 is 5.60 Å². The lowest BCUT2D eigenvalue weighted by atomic mass is 9.53. The molecule has 0 bridgehead atoms. The Balaban J connectivity index is 1.44. The summed E-state index contributed by atoms with van der Waals surface area (Å²) in [7, 11) is 0. The number of amides is 1. The molecule has 4 rings (SSSR count). The van der Waals surface area contributed by atoms with Crippen LogP contribution in [0.2, 0.25) is 0 Å². The first-order valence-electron chi connectivity index (χ1n) is 10.0. The van der Waals surface area contributed by atoms with Crippen molar-refractivity contribution in [3.8, 4) is 0 Å². The SMILES string of the molecule is CC1(C)C[C@H](CC(=O)N[C@H]2[C@@H]3CCCC[C@@H]3[C@@H]2c2ccccc2)C(=O)O1. The van der Waals surface area contributed by atoms with Gasteiger partial charge in [0.25, 0.3) is 0 Å². The van der Waals surface area contributed by atoms with Gasteiger partial charge in [-0.15, -0.1) is 0 Å². The molecule has 4 nitrogen and oxygen atoms in total. The number of carbonyl (C=O) groups excluding carboxylic acids is 2. The van der Waals surface area contributed by atoms with Gasteiger partial charge in [0.1, 0.15) is 5.60 Å². The number of hydrogen-bond acceptors (Lipinski definition) is 3. The summed E-state index contributed by atoms with van der Waals surface area (Å²) in [5.74, 6) is 1.16. The maximum atomic E-state index is 12.7. The number of ether oxygens (including phenoxy) is 1. The average molecular weight is 355 g/mol. The van der Waals surface area contributed by atoms with Gasteiger partial charge in [-0.3, -0.25) is 9.59 Å². The van der Waals surface area contributed by atoms with Gasteiger partial charge >= 0.3 is 5.97 Å². The van der Waals surface area contributed by atoms with Crippen LogP contribution in [0.5, 0.6) is 0 Å².